The highest BCUT2D eigenvalue weighted by atomic mass is 32.2. The van der Waals surface area contributed by atoms with Crippen molar-refractivity contribution in [2.24, 2.45) is 5.92 Å². The molecule has 1 N–H and O–H groups in total. The first kappa shape index (κ1) is 19.4. The molecular formula is C20H30N2O3S. The third-order valence-electron chi connectivity index (χ3n) is 5.69. The van der Waals surface area contributed by atoms with Crippen LogP contribution in [0.25, 0.3) is 0 Å². The van der Waals surface area contributed by atoms with Gasteiger partial charge in [0.1, 0.15) is 0 Å². The number of hydrogen-bond donors (Lipinski definition) is 1. The molecule has 1 amide bonds. The number of rotatable bonds is 4. The van der Waals surface area contributed by atoms with E-state index >= 15 is 0 Å². The highest BCUT2D eigenvalue weighted by Gasteiger charge is 2.28. The maximum Gasteiger partial charge on any atom is 0.251 e. The lowest BCUT2D eigenvalue weighted by atomic mass is 10.0. The predicted molar refractivity (Wildman–Crippen MR) is 103 cm³/mol. The van der Waals surface area contributed by atoms with Crippen molar-refractivity contribution in [3.8, 4) is 0 Å². The number of benzene rings is 1. The Morgan fingerprint density at radius 2 is 1.54 bits per heavy atom. The van der Waals surface area contributed by atoms with Gasteiger partial charge in [-0.2, -0.15) is 4.31 Å². The standard InChI is InChI=1S/C20H30N2O3S/c1-16-12-14-22(15-13-16)26(24,25)19-10-8-17(9-11-19)20(23)21-18-6-4-2-3-5-7-18/h8-11,16,18H,2-7,12-15H2,1H3,(H,21,23). The zero-order valence-corrected chi connectivity index (χ0v) is 16.4. The molecule has 0 aromatic heterocycles. The van der Waals surface area contributed by atoms with Gasteiger partial charge >= 0.3 is 0 Å². The zero-order valence-electron chi connectivity index (χ0n) is 15.6. The molecule has 1 saturated heterocycles. The Morgan fingerprint density at radius 3 is 2.12 bits per heavy atom. The monoisotopic (exact) mass is 378 g/mol. The normalized spacial score (nSPS) is 21.3. The van der Waals surface area contributed by atoms with Gasteiger partial charge in [-0.1, -0.05) is 32.6 Å². The second kappa shape index (κ2) is 8.53. The van der Waals surface area contributed by atoms with Crippen LogP contribution in [-0.4, -0.2) is 37.8 Å². The van der Waals surface area contributed by atoms with E-state index in [1.165, 1.54) is 12.8 Å². The van der Waals surface area contributed by atoms with Gasteiger partial charge in [-0.25, -0.2) is 8.42 Å². The summed E-state index contributed by atoms with van der Waals surface area (Å²) in [6.07, 6.45) is 8.69. The van der Waals surface area contributed by atoms with Crippen LogP contribution in [0.4, 0.5) is 0 Å². The Balaban J connectivity index is 1.64. The van der Waals surface area contributed by atoms with E-state index in [0.29, 0.717) is 24.6 Å². The van der Waals surface area contributed by atoms with Crippen LogP contribution in [-0.2, 0) is 10.0 Å². The summed E-state index contributed by atoms with van der Waals surface area (Å²) >= 11 is 0. The van der Waals surface area contributed by atoms with Crippen molar-refractivity contribution in [3.05, 3.63) is 29.8 Å². The molecule has 0 atom stereocenters. The van der Waals surface area contributed by atoms with Crippen molar-refractivity contribution in [2.75, 3.05) is 13.1 Å². The fourth-order valence-electron chi connectivity index (χ4n) is 3.85. The predicted octanol–water partition coefficient (Wildman–Crippen LogP) is 3.56. The van der Waals surface area contributed by atoms with Crippen molar-refractivity contribution in [3.63, 3.8) is 0 Å². The Labute approximate surface area is 157 Å². The Hall–Kier alpha value is -1.40. The van der Waals surface area contributed by atoms with Crippen LogP contribution >= 0.6 is 0 Å². The molecule has 2 fully saturated rings. The summed E-state index contributed by atoms with van der Waals surface area (Å²) in [6.45, 7) is 3.31. The first-order valence-electron chi connectivity index (χ1n) is 9.88. The van der Waals surface area contributed by atoms with Gasteiger partial charge in [0.2, 0.25) is 10.0 Å². The first-order chi connectivity index (χ1) is 12.5. The molecule has 5 nitrogen and oxygen atoms in total. The molecule has 3 rings (SSSR count). The summed E-state index contributed by atoms with van der Waals surface area (Å²) < 4.78 is 27.1. The van der Waals surface area contributed by atoms with Crippen molar-refractivity contribution in [1.82, 2.24) is 9.62 Å². The fraction of sp³-hybridized carbons (Fsp3) is 0.650. The van der Waals surface area contributed by atoms with Crippen LogP contribution in [0.5, 0.6) is 0 Å². The summed E-state index contributed by atoms with van der Waals surface area (Å²) in [5, 5.41) is 3.10. The van der Waals surface area contributed by atoms with Crippen LogP contribution in [0.3, 0.4) is 0 Å². The lowest BCUT2D eigenvalue weighted by Crippen LogP contribution is -2.38. The number of nitrogens with one attached hydrogen (secondary N) is 1. The van der Waals surface area contributed by atoms with E-state index < -0.39 is 10.0 Å². The topological polar surface area (TPSA) is 66.5 Å². The highest BCUT2D eigenvalue weighted by Crippen LogP contribution is 2.24. The summed E-state index contributed by atoms with van der Waals surface area (Å²) in [5.74, 6) is 0.476. The van der Waals surface area contributed by atoms with Gasteiger partial charge in [-0.15, -0.1) is 0 Å². The lowest BCUT2D eigenvalue weighted by molar-refractivity contribution is 0.0933. The molecule has 1 aliphatic heterocycles. The number of piperidine rings is 1. The molecule has 1 aromatic carbocycles. The van der Waals surface area contributed by atoms with Gasteiger partial charge in [-0.3, -0.25) is 4.79 Å². The Bertz CT molecular complexity index is 699. The number of nitrogens with zero attached hydrogens (tertiary/aromatic N) is 1. The van der Waals surface area contributed by atoms with Crippen LogP contribution in [0, 0.1) is 5.92 Å². The minimum Gasteiger partial charge on any atom is -0.349 e. The average Bonchev–Trinajstić information content (AvgIpc) is 2.91. The van der Waals surface area contributed by atoms with E-state index in [1.54, 1.807) is 28.6 Å². The van der Waals surface area contributed by atoms with Gasteiger partial charge in [0.05, 0.1) is 4.90 Å². The summed E-state index contributed by atoms with van der Waals surface area (Å²) in [5.41, 5.74) is 0.528. The molecule has 1 saturated carbocycles. The molecule has 2 aliphatic rings. The Kier molecular flexibility index (Phi) is 6.35. The number of hydrogen-bond acceptors (Lipinski definition) is 3. The molecule has 0 spiro atoms. The van der Waals surface area contributed by atoms with Crippen LogP contribution in [0.15, 0.2) is 29.2 Å². The third-order valence-corrected chi connectivity index (χ3v) is 7.60. The summed E-state index contributed by atoms with van der Waals surface area (Å²) in [6, 6.07) is 6.63. The first-order valence-corrected chi connectivity index (χ1v) is 11.3. The molecule has 1 aliphatic carbocycles. The fourth-order valence-corrected chi connectivity index (χ4v) is 5.31. The van der Waals surface area contributed by atoms with Gasteiger partial charge in [0.25, 0.3) is 5.91 Å². The van der Waals surface area contributed by atoms with E-state index in [2.05, 4.69) is 12.2 Å². The number of amides is 1. The number of carbonyl (C=O) groups is 1. The molecule has 0 unspecified atom stereocenters. The quantitative estimate of drug-likeness (QED) is 0.815. The van der Waals surface area contributed by atoms with Crippen LogP contribution < -0.4 is 5.32 Å². The van der Waals surface area contributed by atoms with E-state index in [9.17, 15) is 13.2 Å². The minimum absolute atomic E-state index is 0.104. The molecule has 6 heteroatoms. The molecule has 26 heavy (non-hydrogen) atoms. The second-order valence-corrected chi connectivity index (χ2v) is 9.71. The molecule has 144 valence electrons. The van der Waals surface area contributed by atoms with Crippen molar-refractivity contribution < 1.29 is 13.2 Å². The van der Waals surface area contributed by atoms with Crippen molar-refractivity contribution in [1.29, 1.82) is 0 Å². The van der Waals surface area contributed by atoms with Crippen LogP contribution in [0.1, 0.15) is 68.6 Å². The average molecular weight is 379 g/mol. The van der Waals surface area contributed by atoms with Gasteiger partial charge < -0.3 is 5.32 Å². The van der Waals surface area contributed by atoms with Crippen molar-refractivity contribution in [2.45, 2.75) is 69.2 Å². The minimum atomic E-state index is -3.46. The lowest BCUT2D eigenvalue weighted by Gasteiger charge is -2.29. The molecule has 0 bridgehead atoms. The van der Waals surface area contributed by atoms with E-state index in [-0.39, 0.29) is 16.8 Å². The second-order valence-electron chi connectivity index (χ2n) is 7.77. The largest absolute Gasteiger partial charge is 0.349 e. The van der Waals surface area contributed by atoms with Crippen molar-refractivity contribution >= 4 is 15.9 Å². The number of carbonyl (C=O) groups excluding carboxylic acids is 1. The van der Waals surface area contributed by atoms with E-state index in [4.69, 9.17) is 0 Å². The smallest absolute Gasteiger partial charge is 0.251 e. The maximum absolute atomic E-state index is 12.8. The molecule has 0 radical (unpaired) electrons. The van der Waals surface area contributed by atoms with E-state index in [1.807, 2.05) is 0 Å². The van der Waals surface area contributed by atoms with Gasteiger partial charge in [0.15, 0.2) is 0 Å². The third kappa shape index (κ3) is 4.65. The SMILES string of the molecule is CC1CCN(S(=O)(=O)c2ccc(C(=O)NC3CCCCCC3)cc2)CC1. The molecule has 1 aromatic rings. The van der Waals surface area contributed by atoms with Crippen LogP contribution in [0.2, 0.25) is 0 Å². The Morgan fingerprint density at radius 1 is 0.962 bits per heavy atom. The van der Waals surface area contributed by atoms with Gasteiger partial charge in [-0.05, 0) is 55.9 Å². The summed E-state index contributed by atoms with van der Waals surface area (Å²) in [7, 11) is -3.46. The number of sulfonamides is 1. The highest BCUT2D eigenvalue weighted by molar-refractivity contribution is 7.89. The van der Waals surface area contributed by atoms with E-state index in [0.717, 1.165) is 38.5 Å². The molecular weight excluding hydrogens is 348 g/mol. The molecule has 1 heterocycles. The van der Waals surface area contributed by atoms with Gasteiger partial charge in [0, 0.05) is 24.7 Å². The maximum atomic E-state index is 12.8. The summed E-state index contributed by atoms with van der Waals surface area (Å²) in [4.78, 5) is 12.7. The zero-order chi connectivity index (χ0) is 18.6.